The van der Waals surface area contributed by atoms with Crippen molar-refractivity contribution in [3.63, 3.8) is 0 Å². The van der Waals surface area contributed by atoms with Crippen LogP contribution in [0.15, 0.2) is 5.16 Å². The number of nitrogens with zero attached hydrogens (tertiary/aromatic N) is 1. The number of carbonyl (C=O) groups excluding carboxylic acids is 1. The third-order valence-electron chi connectivity index (χ3n) is 3.57. The molecule has 0 aromatic carbocycles. The summed E-state index contributed by atoms with van der Waals surface area (Å²) in [5.74, 6) is 0.255. The van der Waals surface area contributed by atoms with Gasteiger partial charge in [-0.1, -0.05) is 57.0 Å². The van der Waals surface area contributed by atoms with Crippen molar-refractivity contribution in [2.24, 2.45) is 5.16 Å². The molecule has 1 fully saturated rings. The van der Waals surface area contributed by atoms with E-state index in [2.05, 4.69) is 5.16 Å². The smallest absolute Gasteiger partial charge is 0.129 e. The topological polar surface area (TPSA) is 49.7 Å². The highest BCUT2D eigenvalue weighted by Crippen LogP contribution is 2.15. The first kappa shape index (κ1) is 18.1. The molecule has 0 atom stereocenters. The molecule has 0 spiro atoms. The molecule has 0 bridgehead atoms. The summed E-state index contributed by atoms with van der Waals surface area (Å²) in [6, 6.07) is 0. The zero-order valence-corrected chi connectivity index (χ0v) is 12.8. The van der Waals surface area contributed by atoms with E-state index < -0.39 is 0 Å². The Balaban J connectivity index is 0.000000555. The summed E-state index contributed by atoms with van der Waals surface area (Å²) in [7, 11) is 0. The molecule has 3 nitrogen and oxygen atoms in total. The number of hydrogen-bond acceptors (Lipinski definition) is 3. The molecule has 0 aromatic rings. The van der Waals surface area contributed by atoms with Crippen LogP contribution in [0.3, 0.4) is 0 Å². The van der Waals surface area contributed by atoms with Crippen molar-refractivity contribution < 1.29 is 10.0 Å². The van der Waals surface area contributed by atoms with Crippen LogP contribution in [0.25, 0.3) is 0 Å². The number of Topliss-reactive ketones (excluding diaryl/α,β-unsaturated/α-hetero) is 1. The van der Waals surface area contributed by atoms with Gasteiger partial charge in [0.1, 0.15) is 5.78 Å². The van der Waals surface area contributed by atoms with Gasteiger partial charge in [-0.3, -0.25) is 0 Å². The molecule has 0 unspecified atom stereocenters. The second-order valence-electron chi connectivity index (χ2n) is 5.40. The van der Waals surface area contributed by atoms with Crippen LogP contribution < -0.4 is 0 Å². The molecule has 19 heavy (non-hydrogen) atoms. The van der Waals surface area contributed by atoms with E-state index in [9.17, 15) is 4.79 Å². The lowest BCUT2D eigenvalue weighted by Gasteiger charge is -2.07. The number of ketones is 1. The normalized spacial score (nSPS) is 18.3. The third kappa shape index (κ3) is 13.4. The van der Waals surface area contributed by atoms with E-state index in [0.29, 0.717) is 6.42 Å². The second-order valence-corrected chi connectivity index (χ2v) is 5.40. The minimum absolute atomic E-state index is 0.255. The first-order valence-corrected chi connectivity index (χ1v) is 7.90. The molecular weight excluding hydrogens is 238 g/mol. The van der Waals surface area contributed by atoms with E-state index in [-0.39, 0.29) is 5.78 Å². The summed E-state index contributed by atoms with van der Waals surface area (Å²) in [6.07, 6.45) is 14.6. The quantitative estimate of drug-likeness (QED) is 0.531. The second kappa shape index (κ2) is 13.6. The monoisotopic (exact) mass is 269 g/mol. The summed E-state index contributed by atoms with van der Waals surface area (Å²) in [5.41, 5.74) is 1.02. The van der Waals surface area contributed by atoms with E-state index >= 15 is 0 Å². The molecule has 1 aliphatic rings. The summed E-state index contributed by atoms with van der Waals surface area (Å²) in [6.45, 7) is 3.43. The van der Waals surface area contributed by atoms with Crippen molar-refractivity contribution in [2.45, 2.75) is 90.9 Å². The van der Waals surface area contributed by atoms with Gasteiger partial charge in [0, 0.05) is 6.42 Å². The standard InChI is InChI=1S/C12H23NO.C4H8O/c14-13-12-10-8-6-4-2-1-3-5-7-9-11-12;1-3-4(2)5/h14H,1-11H2;3H2,1-2H3. The Morgan fingerprint density at radius 3 is 1.53 bits per heavy atom. The Morgan fingerprint density at radius 1 is 0.947 bits per heavy atom. The van der Waals surface area contributed by atoms with Gasteiger partial charge >= 0.3 is 0 Å². The average Bonchev–Trinajstić information content (AvgIpc) is 2.40. The van der Waals surface area contributed by atoms with Gasteiger partial charge in [0.15, 0.2) is 0 Å². The van der Waals surface area contributed by atoms with Crippen molar-refractivity contribution in [2.75, 3.05) is 0 Å². The van der Waals surface area contributed by atoms with Crippen molar-refractivity contribution in [1.29, 1.82) is 0 Å². The number of oxime groups is 1. The highest BCUT2D eigenvalue weighted by molar-refractivity contribution is 5.83. The van der Waals surface area contributed by atoms with E-state index in [4.69, 9.17) is 5.21 Å². The summed E-state index contributed by atoms with van der Waals surface area (Å²) >= 11 is 0. The summed E-state index contributed by atoms with van der Waals surface area (Å²) < 4.78 is 0. The van der Waals surface area contributed by atoms with Crippen LogP contribution in [0.5, 0.6) is 0 Å². The lowest BCUT2D eigenvalue weighted by Crippen LogP contribution is -1.99. The lowest BCUT2D eigenvalue weighted by molar-refractivity contribution is -0.116. The maximum atomic E-state index is 9.81. The summed E-state index contributed by atoms with van der Waals surface area (Å²) in [4.78, 5) is 9.81. The molecule has 3 heteroatoms. The molecule has 0 aliphatic heterocycles. The zero-order chi connectivity index (χ0) is 14.3. The molecule has 1 aliphatic carbocycles. The maximum absolute atomic E-state index is 9.81. The Morgan fingerprint density at radius 2 is 1.26 bits per heavy atom. The maximum Gasteiger partial charge on any atom is 0.129 e. The number of rotatable bonds is 1. The van der Waals surface area contributed by atoms with Crippen molar-refractivity contribution in [1.82, 2.24) is 0 Å². The zero-order valence-electron chi connectivity index (χ0n) is 12.8. The fraction of sp³-hybridized carbons (Fsp3) is 0.875. The van der Waals surface area contributed by atoms with Gasteiger partial charge < -0.3 is 10.0 Å². The average molecular weight is 269 g/mol. The van der Waals surface area contributed by atoms with E-state index in [1.807, 2.05) is 6.92 Å². The first-order valence-electron chi connectivity index (χ1n) is 7.90. The van der Waals surface area contributed by atoms with Crippen LogP contribution in [-0.2, 0) is 4.79 Å². The minimum Gasteiger partial charge on any atom is -0.411 e. The van der Waals surface area contributed by atoms with Gasteiger partial charge in [-0.25, -0.2) is 0 Å². The molecule has 1 rings (SSSR count). The van der Waals surface area contributed by atoms with Crippen LogP contribution in [0.1, 0.15) is 90.9 Å². The molecule has 112 valence electrons. The Kier molecular flexibility index (Phi) is 13.0. The summed E-state index contributed by atoms with van der Waals surface area (Å²) in [5, 5.41) is 12.2. The fourth-order valence-electron chi connectivity index (χ4n) is 2.12. The Bertz CT molecular complexity index is 235. The molecular formula is C16H31NO2. The predicted molar refractivity (Wildman–Crippen MR) is 81.0 cm³/mol. The number of carbonyl (C=O) groups is 1. The molecule has 1 saturated carbocycles. The van der Waals surface area contributed by atoms with Gasteiger partial charge in [0.2, 0.25) is 0 Å². The highest BCUT2D eigenvalue weighted by Gasteiger charge is 2.02. The van der Waals surface area contributed by atoms with Gasteiger partial charge in [0.05, 0.1) is 5.71 Å². The van der Waals surface area contributed by atoms with E-state index in [0.717, 1.165) is 18.6 Å². The fourth-order valence-corrected chi connectivity index (χ4v) is 2.12. The Hall–Kier alpha value is -0.860. The van der Waals surface area contributed by atoms with Gasteiger partial charge in [-0.05, 0) is 32.6 Å². The SMILES string of the molecule is CCC(C)=O.ON=C1CCCCCCCCCCC1. The van der Waals surface area contributed by atoms with Crippen LogP contribution in [0.4, 0.5) is 0 Å². The first-order chi connectivity index (χ1) is 9.20. The molecule has 0 radical (unpaired) electrons. The molecule has 0 saturated heterocycles. The van der Waals surface area contributed by atoms with Crippen molar-refractivity contribution in [3.8, 4) is 0 Å². The number of hydrogen-bond donors (Lipinski definition) is 1. The Labute approximate surface area is 118 Å². The molecule has 0 heterocycles. The van der Waals surface area contributed by atoms with Gasteiger partial charge in [0.25, 0.3) is 0 Å². The molecule has 0 aromatic heterocycles. The van der Waals surface area contributed by atoms with Crippen molar-refractivity contribution in [3.05, 3.63) is 0 Å². The predicted octanol–water partition coefficient (Wildman–Crippen LogP) is 5.11. The molecule has 1 N–H and O–H groups in total. The van der Waals surface area contributed by atoms with Crippen molar-refractivity contribution >= 4 is 11.5 Å². The van der Waals surface area contributed by atoms with Crippen LogP contribution in [0, 0.1) is 0 Å². The third-order valence-corrected chi connectivity index (χ3v) is 3.57. The van der Waals surface area contributed by atoms with Gasteiger partial charge in [-0.15, -0.1) is 0 Å². The molecule has 0 amide bonds. The van der Waals surface area contributed by atoms with Crippen LogP contribution >= 0.6 is 0 Å². The van der Waals surface area contributed by atoms with E-state index in [1.54, 1.807) is 6.92 Å². The highest BCUT2D eigenvalue weighted by atomic mass is 16.4. The van der Waals surface area contributed by atoms with Crippen LogP contribution in [-0.4, -0.2) is 16.7 Å². The largest absolute Gasteiger partial charge is 0.411 e. The lowest BCUT2D eigenvalue weighted by atomic mass is 10.00. The minimum atomic E-state index is 0.255. The van der Waals surface area contributed by atoms with Gasteiger partial charge in [-0.2, -0.15) is 0 Å². The van der Waals surface area contributed by atoms with E-state index in [1.165, 1.54) is 57.8 Å². The van der Waals surface area contributed by atoms with Crippen LogP contribution in [0.2, 0.25) is 0 Å².